The monoisotopic (exact) mass is 368 g/mol. The Kier molecular flexibility index (Phi) is 5.00. The third-order valence-corrected chi connectivity index (χ3v) is 7.10. The minimum Gasteiger partial charge on any atom is -0.354 e. The molecule has 1 atom stereocenters. The molecule has 0 spiro atoms. The molecule has 0 saturated heterocycles. The average molecular weight is 369 g/mol. The van der Waals surface area contributed by atoms with Gasteiger partial charge in [0, 0.05) is 17.5 Å². The van der Waals surface area contributed by atoms with Crippen LogP contribution in [0.4, 0.5) is 0 Å². The van der Waals surface area contributed by atoms with E-state index in [0.717, 1.165) is 49.0 Å². The van der Waals surface area contributed by atoms with Crippen molar-refractivity contribution in [1.82, 2.24) is 10.6 Å². The third kappa shape index (κ3) is 3.63. The van der Waals surface area contributed by atoms with Crippen molar-refractivity contribution in [3.05, 3.63) is 35.4 Å². The van der Waals surface area contributed by atoms with E-state index >= 15 is 0 Å². The van der Waals surface area contributed by atoms with E-state index in [1.165, 1.54) is 19.3 Å². The number of benzene rings is 1. The molecular weight excluding hydrogens is 336 g/mol. The van der Waals surface area contributed by atoms with Crippen LogP contribution in [0, 0.1) is 30.1 Å². The lowest BCUT2D eigenvalue weighted by molar-refractivity contribution is -0.134. The number of nitrogens with one attached hydrogen (secondary N) is 2. The number of rotatable bonds is 6. The van der Waals surface area contributed by atoms with Gasteiger partial charge in [0.25, 0.3) is 5.91 Å². The van der Waals surface area contributed by atoms with Gasteiger partial charge in [-0.05, 0) is 81.8 Å². The van der Waals surface area contributed by atoms with Gasteiger partial charge < -0.3 is 10.6 Å². The fourth-order valence-electron chi connectivity index (χ4n) is 6.30. The molecule has 4 bridgehead atoms. The lowest BCUT2D eigenvalue weighted by Gasteiger charge is -2.58. The van der Waals surface area contributed by atoms with Crippen molar-refractivity contribution in [1.29, 1.82) is 0 Å². The summed E-state index contributed by atoms with van der Waals surface area (Å²) in [5.41, 5.74) is 1.72. The molecule has 27 heavy (non-hydrogen) atoms. The van der Waals surface area contributed by atoms with E-state index in [9.17, 15) is 9.59 Å². The highest BCUT2D eigenvalue weighted by molar-refractivity contribution is 5.97. The second-order valence-corrected chi connectivity index (χ2v) is 9.34. The molecule has 0 heterocycles. The first-order valence-electron chi connectivity index (χ1n) is 10.6. The van der Waals surface area contributed by atoms with Gasteiger partial charge in [0.2, 0.25) is 5.91 Å². The van der Waals surface area contributed by atoms with Crippen molar-refractivity contribution in [3.63, 3.8) is 0 Å². The van der Waals surface area contributed by atoms with Crippen LogP contribution in [0.3, 0.4) is 0 Å². The Morgan fingerprint density at radius 2 is 1.59 bits per heavy atom. The summed E-state index contributed by atoms with van der Waals surface area (Å²) in [4.78, 5) is 26.1. The van der Waals surface area contributed by atoms with E-state index in [1.807, 2.05) is 31.2 Å². The molecule has 1 aromatic carbocycles. The highest BCUT2D eigenvalue weighted by atomic mass is 16.2. The van der Waals surface area contributed by atoms with E-state index < -0.39 is 6.04 Å². The molecule has 4 aliphatic rings. The lowest BCUT2D eigenvalue weighted by Crippen LogP contribution is -2.62. The molecule has 2 N–H and O–H groups in total. The molecule has 4 heteroatoms. The molecule has 0 unspecified atom stereocenters. The van der Waals surface area contributed by atoms with Crippen LogP contribution in [-0.2, 0) is 4.79 Å². The molecule has 4 aliphatic carbocycles. The number of aryl methyl sites for hydroxylation is 1. The smallest absolute Gasteiger partial charge is 0.251 e. The first-order chi connectivity index (χ1) is 13.0. The Bertz CT molecular complexity index is 674. The normalized spacial score (nSPS) is 32.1. The minimum atomic E-state index is -0.411. The maximum atomic E-state index is 13.1. The highest BCUT2D eigenvalue weighted by Crippen LogP contribution is 2.61. The Morgan fingerprint density at radius 3 is 2.11 bits per heavy atom. The SMILES string of the molecule is CCCNC(=O)[C@H](NC(=O)c1ccc(C)cc1)C12CC3CC(CC(C3)C1)C2. The quantitative estimate of drug-likeness (QED) is 0.802. The second kappa shape index (κ2) is 7.29. The summed E-state index contributed by atoms with van der Waals surface area (Å²) >= 11 is 0. The summed E-state index contributed by atoms with van der Waals surface area (Å²) in [6.45, 7) is 4.74. The summed E-state index contributed by atoms with van der Waals surface area (Å²) in [6.07, 6.45) is 8.18. The molecule has 1 aromatic rings. The maximum absolute atomic E-state index is 13.1. The predicted molar refractivity (Wildman–Crippen MR) is 106 cm³/mol. The molecule has 2 amide bonds. The molecule has 5 rings (SSSR count). The second-order valence-electron chi connectivity index (χ2n) is 9.34. The van der Waals surface area contributed by atoms with Crippen molar-refractivity contribution >= 4 is 11.8 Å². The molecular formula is C23H32N2O2. The van der Waals surface area contributed by atoms with Gasteiger partial charge in [-0.25, -0.2) is 0 Å². The van der Waals surface area contributed by atoms with E-state index in [4.69, 9.17) is 0 Å². The van der Waals surface area contributed by atoms with Crippen molar-refractivity contribution in [3.8, 4) is 0 Å². The van der Waals surface area contributed by atoms with E-state index in [-0.39, 0.29) is 17.2 Å². The zero-order chi connectivity index (χ0) is 19.0. The summed E-state index contributed by atoms with van der Waals surface area (Å²) in [7, 11) is 0. The molecule has 0 aromatic heterocycles. The fourth-order valence-corrected chi connectivity index (χ4v) is 6.30. The average Bonchev–Trinajstić information content (AvgIpc) is 2.63. The summed E-state index contributed by atoms with van der Waals surface area (Å²) < 4.78 is 0. The van der Waals surface area contributed by atoms with Gasteiger partial charge in [-0.3, -0.25) is 9.59 Å². The molecule has 0 radical (unpaired) electrons. The van der Waals surface area contributed by atoms with Crippen molar-refractivity contribution in [2.75, 3.05) is 6.54 Å². The number of carbonyl (C=O) groups is 2. The van der Waals surface area contributed by atoms with Crippen LogP contribution in [0.1, 0.15) is 67.8 Å². The summed E-state index contributed by atoms with van der Waals surface area (Å²) in [5, 5.41) is 6.24. The lowest BCUT2D eigenvalue weighted by atomic mass is 9.47. The van der Waals surface area contributed by atoms with Crippen LogP contribution in [0.2, 0.25) is 0 Å². The van der Waals surface area contributed by atoms with Crippen LogP contribution < -0.4 is 10.6 Å². The zero-order valence-corrected chi connectivity index (χ0v) is 16.6. The van der Waals surface area contributed by atoms with Crippen molar-refractivity contribution < 1.29 is 9.59 Å². The van der Waals surface area contributed by atoms with Crippen molar-refractivity contribution in [2.24, 2.45) is 23.2 Å². The van der Waals surface area contributed by atoms with E-state index in [1.54, 1.807) is 0 Å². The van der Waals surface area contributed by atoms with Crippen molar-refractivity contribution in [2.45, 2.75) is 64.8 Å². The fraction of sp³-hybridized carbons (Fsp3) is 0.652. The molecule has 4 fully saturated rings. The minimum absolute atomic E-state index is 0.0132. The Hall–Kier alpha value is -1.84. The van der Waals surface area contributed by atoms with Gasteiger partial charge >= 0.3 is 0 Å². The van der Waals surface area contributed by atoms with Gasteiger partial charge in [-0.2, -0.15) is 0 Å². The number of carbonyl (C=O) groups excluding carboxylic acids is 2. The van der Waals surface area contributed by atoms with Gasteiger partial charge in [0.1, 0.15) is 6.04 Å². The maximum Gasteiger partial charge on any atom is 0.251 e. The number of amides is 2. The molecule has 0 aliphatic heterocycles. The van der Waals surface area contributed by atoms with E-state index in [2.05, 4.69) is 17.6 Å². The van der Waals surface area contributed by atoms with Crippen LogP contribution in [-0.4, -0.2) is 24.4 Å². The Balaban J connectivity index is 1.58. The zero-order valence-electron chi connectivity index (χ0n) is 16.6. The molecule has 4 nitrogen and oxygen atoms in total. The van der Waals surface area contributed by atoms with Gasteiger partial charge in [-0.15, -0.1) is 0 Å². The summed E-state index contributed by atoms with van der Waals surface area (Å²) in [6, 6.07) is 7.19. The van der Waals surface area contributed by atoms with E-state index in [0.29, 0.717) is 12.1 Å². The van der Waals surface area contributed by atoms with Gasteiger partial charge in [-0.1, -0.05) is 24.6 Å². The number of hydrogen-bond acceptors (Lipinski definition) is 2. The Morgan fingerprint density at radius 1 is 1.04 bits per heavy atom. The molecule has 146 valence electrons. The topological polar surface area (TPSA) is 58.2 Å². The predicted octanol–water partition coefficient (Wildman–Crippen LogP) is 3.84. The number of hydrogen-bond donors (Lipinski definition) is 2. The summed E-state index contributed by atoms with van der Waals surface area (Å²) in [5.74, 6) is 2.12. The van der Waals surface area contributed by atoms with Crippen LogP contribution in [0.25, 0.3) is 0 Å². The van der Waals surface area contributed by atoms with Crippen LogP contribution >= 0.6 is 0 Å². The van der Waals surface area contributed by atoms with Crippen LogP contribution in [0.15, 0.2) is 24.3 Å². The largest absolute Gasteiger partial charge is 0.354 e. The first-order valence-corrected chi connectivity index (χ1v) is 10.6. The standard InChI is InChI=1S/C23H32N2O2/c1-3-8-24-22(27)20(25-21(26)19-6-4-15(2)5-7-19)23-12-16-9-17(13-23)11-18(10-16)14-23/h4-7,16-18,20H,3,8-14H2,1-2H3,(H,24,27)(H,25,26)/t16?,17?,18?,20-,23?/m0/s1. The highest BCUT2D eigenvalue weighted by Gasteiger charge is 2.56. The third-order valence-electron chi connectivity index (χ3n) is 7.10. The van der Waals surface area contributed by atoms with Crippen LogP contribution in [0.5, 0.6) is 0 Å². The van der Waals surface area contributed by atoms with Gasteiger partial charge in [0.15, 0.2) is 0 Å². The van der Waals surface area contributed by atoms with Gasteiger partial charge in [0.05, 0.1) is 0 Å². The Labute approximate surface area is 162 Å². The first kappa shape index (κ1) is 18.5. The molecule has 4 saturated carbocycles.